The summed E-state index contributed by atoms with van der Waals surface area (Å²) in [6.07, 6.45) is 1.02. The van der Waals surface area contributed by atoms with Gasteiger partial charge in [0.15, 0.2) is 11.5 Å². The van der Waals surface area contributed by atoms with Crippen molar-refractivity contribution < 1.29 is 9.21 Å². The number of rotatable bonds is 3. The SMILES string of the molecule is C[C@H]1CNCCN1C(=O)CCc1nc2ccccc2o1.Cl.Cl. The van der Waals surface area contributed by atoms with E-state index in [9.17, 15) is 4.79 Å². The van der Waals surface area contributed by atoms with Gasteiger partial charge in [0.25, 0.3) is 0 Å². The summed E-state index contributed by atoms with van der Waals surface area (Å²) < 4.78 is 5.64. The molecular weight excluding hydrogens is 325 g/mol. The maximum Gasteiger partial charge on any atom is 0.223 e. The van der Waals surface area contributed by atoms with Crippen molar-refractivity contribution in [1.29, 1.82) is 0 Å². The van der Waals surface area contributed by atoms with E-state index in [1.54, 1.807) is 0 Å². The molecule has 1 aliphatic heterocycles. The van der Waals surface area contributed by atoms with Crippen LogP contribution in [0, 0.1) is 0 Å². The summed E-state index contributed by atoms with van der Waals surface area (Å²) in [5, 5.41) is 3.29. The highest BCUT2D eigenvalue weighted by molar-refractivity contribution is 5.85. The third kappa shape index (κ3) is 4.12. The van der Waals surface area contributed by atoms with E-state index in [0.717, 1.165) is 30.7 Å². The molecule has 1 saturated heterocycles. The van der Waals surface area contributed by atoms with Crippen LogP contribution in [0.4, 0.5) is 0 Å². The third-order valence-corrected chi connectivity index (χ3v) is 3.71. The fourth-order valence-corrected chi connectivity index (χ4v) is 2.60. The molecule has 2 heterocycles. The second-order valence-corrected chi connectivity index (χ2v) is 5.22. The van der Waals surface area contributed by atoms with E-state index in [1.165, 1.54) is 0 Å². The standard InChI is InChI=1S/C15H19N3O2.2ClH/c1-11-10-16-8-9-18(11)15(19)7-6-14-17-12-4-2-3-5-13(12)20-14;;/h2-5,11,16H,6-10H2,1H3;2*1H/t11-;;/m0../s1. The summed E-state index contributed by atoms with van der Waals surface area (Å²) in [7, 11) is 0. The number of oxazole rings is 1. The number of hydrogen-bond donors (Lipinski definition) is 1. The maximum atomic E-state index is 12.2. The molecule has 122 valence electrons. The zero-order chi connectivity index (χ0) is 13.9. The van der Waals surface area contributed by atoms with Crippen LogP contribution in [-0.2, 0) is 11.2 Å². The Balaban J connectivity index is 0.00000121. The topological polar surface area (TPSA) is 58.4 Å². The van der Waals surface area contributed by atoms with Gasteiger partial charge in [-0.05, 0) is 19.1 Å². The zero-order valence-electron chi connectivity index (χ0n) is 12.4. The number of nitrogens with one attached hydrogen (secondary N) is 1. The summed E-state index contributed by atoms with van der Waals surface area (Å²) >= 11 is 0. The van der Waals surface area contributed by atoms with Crippen LogP contribution in [0.2, 0.25) is 0 Å². The fourth-order valence-electron chi connectivity index (χ4n) is 2.60. The number of carbonyl (C=O) groups is 1. The normalized spacial score (nSPS) is 17.7. The van der Waals surface area contributed by atoms with Crippen molar-refractivity contribution in [3.63, 3.8) is 0 Å². The number of aryl methyl sites for hydroxylation is 1. The molecule has 7 heteroatoms. The van der Waals surface area contributed by atoms with Crippen LogP contribution in [0.1, 0.15) is 19.2 Å². The third-order valence-electron chi connectivity index (χ3n) is 3.71. The van der Waals surface area contributed by atoms with Crippen molar-refractivity contribution in [2.24, 2.45) is 0 Å². The first-order valence-electron chi connectivity index (χ1n) is 7.08. The monoisotopic (exact) mass is 345 g/mol. The Hall–Kier alpha value is -1.30. The molecule has 1 aromatic heterocycles. The van der Waals surface area contributed by atoms with Gasteiger partial charge in [0.1, 0.15) is 5.52 Å². The molecule has 1 fully saturated rings. The van der Waals surface area contributed by atoms with Gasteiger partial charge < -0.3 is 14.6 Å². The van der Waals surface area contributed by atoms with Crippen LogP contribution in [0.15, 0.2) is 28.7 Å². The number of carbonyl (C=O) groups excluding carboxylic acids is 1. The van der Waals surface area contributed by atoms with Crippen LogP contribution in [0.5, 0.6) is 0 Å². The minimum atomic E-state index is 0. The van der Waals surface area contributed by atoms with E-state index >= 15 is 0 Å². The Kier molecular flexibility index (Phi) is 7.13. The Morgan fingerprint density at radius 3 is 2.91 bits per heavy atom. The first-order chi connectivity index (χ1) is 9.74. The lowest BCUT2D eigenvalue weighted by atomic mass is 10.2. The molecule has 0 aliphatic carbocycles. The number of benzene rings is 1. The van der Waals surface area contributed by atoms with Crippen molar-refractivity contribution in [3.05, 3.63) is 30.2 Å². The summed E-state index contributed by atoms with van der Waals surface area (Å²) in [6.45, 7) is 4.60. The molecule has 1 aromatic carbocycles. The summed E-state index contributed by atoms with van der Waals surface area (Å²) in [4.78, 5) is 18.6. The van der Waals surface area contributed by atoms with Crippen molar-refractivity contribution in [1.82, 2.24) is 15.2 Å². The lowest BCUT2D eigenvalue weighted by Gasteiger charge is -2.34. The van der Waals surface area contributed by atoms with Gasteiger partial charge in [-0.25, -0.2) is 4.98 Å². The summed E-state index contributed by atoms with van der Waals surface area (Å²) in [6, 6.07) is 7.93. The quantitative estimate of drug-likeness (QED) is 0.927. The number of piperazine rings is 1. The predicted octanol–water partition coefficient (Wildman–Crippen LogP) is 2.42. The Morgan fingerprint density at radius 1 is 1.41 bits per heavy atom. The maximum absolute atomic E-state index is 12.2. The molecule has 1 aliphatic rings. The number of halogens is 2. The van der Waals surface area contributed by atoms with Crippen LogP contribution in [0.3, 0.4) is 0 Å². The molecule has 22 heavy (non-hydrogen) atoms. The second-order valence-electron chi connectivity index (χ2n) is 5.22. The average Bonchev–Trinajstić information content (AvgIpc) is 2.88. The largest absolute Gasteiger partial charge is 0.441 e. The smallest absolute Gasteiger partial charge is 0.223 e. The molecule has 0 unspecified atom stereocenters. The molecule has 0 radical (unpaired) electrons. The number of amides is 1. The molecule has 2 aromatic rings. The highest BCUT2D eigenvalue weighted by Gasteiger charge is 2.22. The minimum absolute atomic E-state index is 0. The first kappa shape index (κ1) is 18.7. The molecule has 3 rings (SSSR count). The Morgan fingerprint density at radius 2 is 2.18 bits per heavy atom. The Bertz CT molecular complexity index is 585. The Labute approximate surface area is 142 Å². The number of fused-ring (bicyclic) bond motifs is 1. The van der Waals surface area contributed by atoms with Crippen LogP contribution in [-0.4, -0.2) is 41.5 Å². The highest BCUT2D eigenvalue weighted by atomic mass is 35.5. The lowest BCUT2D eigenvalue weighted by Crippen LogP contribution is -2.52. The van der Waals surface area contributed by atoms with E-state index in [2.05, 4.69) is 17.2 Å². The molecule has 1 amide bonds. The zero-order valence-corrected chi connectivity index (χ0v) is 14.1. The van der Waals surface area contributed by atoms with Crippen molar-refractivity contribution in [2.45, 2.75) is 25.8 Å². The molecule has 5 nitrogen and oxygen atoms in total. The molecule has 1 N–H and O–H groups in total. The van der Waals surface area contributed by atoms with Gasteiger partial charge in [0.05, 0.1) is 0 Å². The lowest BCUT2D eigenvalue weighted by molar-refractivity contribution is -0.134. The minimum Gasteiger partial charge on any atom is -0.441 e. The summed E-state index contributed by atoms with van der Waals surface area (Å²) in [5.41, 5.74) is 1.64. The van der Waals surface area contributed by atoms with Crippen LogP contribution in [0.25, 0.3) is 11.1 Å². The summed E-state index contributed by atoms with van der Waals surface area (Å²) in [5.74, 6) is 0.823. The predicted molar refractivity (Wildman–Crippen MR) is 90.9 cm³/mol. The fraction of sp³-hybridized carbons (Fsp3) is 0.467. The second kappa shape index (κ2) is 8.36. The molecule has 0 spiro atoms. The van der Waals surface area contributed by atoms with Gasteiger partial charge >= 0.3 is 0 Å². The van der Waals surface area contributed by atoms with Gasteiger partial charge in [-0.1, -0.05) is 12.1 Å². The van der Waals surface area contributed by atoms with E-state index in [0.29, 0.717) is 18.7 Å². The van der Waals surface area contributed by atoms with Gasteiger partial charge in [0.2, 0.25) is 5.91 Å². The van der Waals surface area contributed by atoms with Crippen molar-refractivity contribution >= 4 is 41.8 Å². The van der Waals surface area contributed by atoms with Crippen molar-refractivity contribution in [2.75, 3.05) is 19.6 Å². The van der Waals surface area contributed by atoms with Gasteiger partial charge in [0, 0.05) is 38.5 Å². The van der Waals surface area contributed by atoms with E-state index in [1.807, 2.05) is 29.2 Å². The van der Waals surface area contributed by atoms with E-state index in [-0.39, 0.29) is 36.8 Å². The number of hydrogen-bond acceptors (Lipinski definition) is 4. The molecule has 0 saturated carbocycles. The van der Waals surface area contributed by atoms with Crippen LogP contribution >= 0.6 is 24.8 Å². The van der Waals surface area contributed by atoms with Gasteiger partial charge in [-0.2, -0.15) is 0 Å². The number of nitrogens with zero attached hydrogens (tertiary/aromatic N) is 2. The van der Waals surface area contributed by atoms with Crippen molar-refractivity contribution in [3.8, 4) is 0 Å². The number of aromatic nitrogens is 1. The average molecular weight is 346 g/mol. The van der Waals surface area contributed by atoms with Gasteiger partial charge in [-0.15, -0.1) is 24.8 Å². The molecular formula is C15H21Cl2N3O2. The van der Waals surface area contributed by atoms with E-state index < -0.39 is 0 Å². The first-order valence-corrected chi connectivity index (χ1v) is 7.08. The highest BCUT2D eigenvalue weighted by Crippen LogP contribution is 2.16. The van der Waals surface area contributed by atoms with Crippen LogP contribution < -0.4 is 5.32 Å². The molecule has 0 bridgehead atoms. The number of para-hydroxylation sites is 2. The molecule has 1 atom stereocenters. The van der Waals surface area contributed by atoms with E-state index in [4.69, 9.17) is 4.42 Å². The van der Waals surface area contributed by atoms with Gasteiger partial charge in [-0.3, -0.25) is 4.79 Å².